The monoisotopic (exact) mass is 423 g/mol. The first-order valence-corrected chi connectivity index (χ1v) is 10.1. The molecule has 0 spiro atoms. The van der Waals surface area contributed by atoms with Crippen LogP contribution in [0.15, 0.2) is 54.6 Å². The maximum Gasteiger partial charge on any atom is 0.321 e. The van der Waals surface area contributed by atoms with Crippen LogP contribution in [0.1, 0.15) is 24.5 Å². The van der Waals surface area contributed by atoms with E-state index in [0.29, 0.717) is 0 Å². The number of amides is 4. The predicted octanol–water partition coefficient (Wildman–Crippen LogP) is 2.17. The number of rotatable bonds is 7. The second-order valence-corrected chi connectivity index (χ2v) is 7.25. The minimum Gasteiger partial charge on any atom is -0.455 e. The molecular weight excluding hydrogens is 398 g/mol. The van der Waals surface area contributed by atoms with Crippen molar-refractivity contribution in [2.45, 2.75) is 26.3 Å². The fraction of sp³-hybridized carbons (Fsp3) is 0.304. The van der Waals surface area contributed by atoms with Gasteiger partial charge in [-0.25, -0.2) is 4.79 Å². The zero-order valence-electron chi connectivity index (χ0n) is 17.3. The van der Waals surface area contributed by atoms with Gasteiger partial charge in [-0.1, -0.05) is 49.4 Å². The molecule has 0 saturated carbocycles. The SMILES string of the molecule is CCc1ccc(N2CC(C(=O)OCC(=O)NC(=O)NCc3ccccc3)CC2=O)cc1. The van der Waals surface area contributed by atoms with Gasteiger partial charge in [0.25, 0.3) is 5.91 Å². The second kappa shape index (κ2) is 10.4. The lowest BCUT2D eigenvalue weighted by atomic mass is 10.1. The van der Waals surface area contributed by atoms with Gasteiger partial charge in [-0.2, -0.15) is 0 Å². The van der Waals surface area contributed by atoms with E-state index in [1.807, 2.05) is 61.5 Å². The Hall–Kier alpha value is -3.68. The molecule has 8 heteroatoms. The number of imide groups is 1. The van der Waals surface area contributed by atoms with Crippen LogP contribution in [0.4, 0.5) is 10.5 Å². The number of nitrogens with zero attached hydrogens (tertiary/aromatic N) is 1. The Labute approximate surface area is 180 Å². The first-order chi connectivity index (χ1) is 15.0. The molecule has 1 unspecified atom stereocenters. The molecule has 2 aromatic carbocycles. The van der Waals surface area contributed by atoms with Gasteiger partial charge in [0.05, 0.1) is 5.92 Å². The van der Waals surface area contributed by atoms with E-state index in [-0.39, 0.29) is 25.4 Å². The summed E-state index contributed by atoms with van der Waals surface area (Å²) in [5.41, 5.74) is 2.77. The van der Waals surface area contributed by atoms with E-state index >= 15 is 0 Å². The number of aryl methyl sites for hydroxylation is 1. The van der Waals surface area contributed by atoms with Crippen LogP contribution in [-0.4, -0.2) is 37.0 Å². The summed E-state index contributed by atoms with van der Waals surface area (Å²) in [5.74, 6) is -2.20. The van der Waals surface area contributed by atoms with Gasteiger partial charge >= 0.3 is 12.0 Å². The highest BCUT2D eigenvalue weighted by Crippen LogP contribution is 2.26. The maximum absolute atomic E-state index is 12.3. The number of esters is 1. The lowest BCUT2D eigenvalue weighted by Gasteiger charge is -2.17. The fourth-order valence-corrected chi connectivity index (χ4v) is 3.27. The summed E-state index contributed by atoms with van der Waals surface area (Å²) in [7, 11) is 0. The van der Waals surface area contributed by atoms with E-state index in [0.717, 1.165) is 23.2 Å². The normalized spacial score (nSPS) is 15.5. The van der Waals surface area contributed by atoms with Crippen LogP contribution in [0.3, 0.4) is 0 Å². The van der Waals surface area contributed by atoms with Crippen molar-refractivity contribution in [1.82, 2.24) is 10.6 Å². The Balaban J connectivity index is 1.42. The van der Waals surface area contributed by atoms with E-state index < -0.39 is 30.4 Å². The number of urea groups is 1. The van der Waals surface area contributed by atoms with Crippen molar-refractivity contribution in [2.75, 3.05) is 18.1 Å². The average Bonchev–Trinajstić information content (AvgIpc) is 3.18. The van der Waals surface area contributed by atoms with Crippen molar-refractivity contribution in [2.24, 2.45) is 5.92 Å². The highest BCUT2D eigenvalue weighted by Gasteiger charge is 2.36. The van der Waals surface area contributed by atoms with Gasteiger partial charge in [0.1, 0.15) is 0 Å². The second-order valence-electron chi connectivity index (χ2n) is 7.25. The number of nitrogens with one attached hydrogen (secondary N) is 2. The third-order valence-electron chi connectivity index (χ3n) is 5.01. The highest BCUT2D eigenvalue weighted by atomic mass is 16.5. The molecule has 162 valence electrons. The van der Waals surface area contributed by atoms with Crippen molar-refractivity contribution in [3.05, 3.63) is 65.7 Å². The Morgan fingerprint density at radius 1 is 1.03 bits per heavy atom. The molecule has 4 amide bonds. The van der Waals surface area contributed by atoms with Crippen molar-refractivity contribution >= 4 is 29.5 Å². The molecule has 1 saturated heterocycles. The molecule has 0 aliphatic carbocycles. The quantitative estimate of drug-likeness (QED) is 0.664. The van der Waals surface area contributed by atoms with Crippen LogP contribution >= 0.6 is 0 Å². The summed E-state index contributed by atoms with van der Waals surface area (Å²) in [6.07, 6.45) is 0.920. The molecule has 0 bridgehead atoms. The topological polar surface area (TPSA) is 105 Å². The smallest absolute Gasteiger partial charge is 0.321 e. The summed E-state index contributed by atoms with van der Waals surface area (Å²) in [4.78, 5) is 49.8. The number of benzene rings is 2. The van der Waals surface area contributed by atoms with Crippen LogP contribution in [0.2, 0.25) is 0 Å². The van der Waals surface area contributed by atoms with E-state index in [9.17, 15) is 19.2 Å². The molecule has 1 fully saturated rings. The van der Waals surface area contributed by atoms with E-state index in [2.05, 4.69) is 10.6 Å². The van der Waals surface area contributed by atoms with Gasteiger partial charge in [0.2, 0.25) is 5.91 Å². The Morgan fingerprint density at radius 2 is 1.74 bits per heavy atom. The van der Waals surface area contributed by atoms with Gasteiger partial charge in [-0.3, -0.25) is 19.7 Å². The van der Waals surface area contributed by atoms with Crippen LogP contribution in [0.5, 0.6) is 0 Å². The van der Waals surface area contributed by atoms with E-state index in [4.69, 9.17) is 4.74 Å². The molecule has 8 nitrogen and oxygen atoms in total. The largest absolute Gasteiger partial charge is 0.455 e. The highest BCUT2D eigenvalue weighted by molar-refractivity contribution is 6.00. The third-order valence-corrected chi connectivity index (χ3v) is 5.01. The summed E-state index contributed by atoms with van der Waals surface area (Å²) < 4.78 is 5.01. The zero-order valence-corrected chi connectivity index (χ0v) is 17.3. The molecule has 1 aliphatic heterocycles. The van der Waals surface area contributed by atoms with Crippen LogP contribution in [0.25, 0.3) is 0 Å². The molecule has 31 heavy (non-hydrogen) atoms. The van der Waals surface area contributed by atoms with Crippen LogP contribution < -0.4 is 15.5 Å². The van der Waals surface area contributed by atoms with Gasteiger partial charge in [-0.05, 0) is 29.7 Å². The molecule has 0 radical (unpaired) electrons. The molecule has 2 N–H and O–H groups in total. The fourth-order valence-electron chi connectivity index (χ4n) is 3.27. The van der Waals surface area contributed by atoms with Crippen molar-refractivity contribution in [1.29, 1.82) is 0 Å². The first-order valence-electron chi connectivity index (χ1n) is 10.1. The molecule has 2 aromatic rings. The van der Waals surface area contributed by atoms with Gasteiger partial charge in [0, 0.05) is 25.2 Å². The van der Waals surface area contributed by atoms with Gasteiger partial charge < -0.3 is 15.0 Å². The zero-order chi connectivity index (χ0) is 22.2. The number of carbonyl (C=O) groups is 4. The van der Waals surface area contributed by atoms with Gasteiger partial charge in [0.15, 0.2) is 6.61 Å². The summed E-state index contributed by atoms with van der Waals surface area (Å²) >= 11 is 0. The number of carbonyl (C=O) groups excluding carboxylic acids is 4. The molecule has 1 heterocycles. The van der Waals surface area contributed by atoms with Crippen molar-refractivity contribution in [3.63, 3.8) is 0 Å². The average molecular weight is 423 g/mol. The number of anilines is 1. The molecule has 0 aromatic heterocycles. The molecule has 1 atom stereocenters. The van der Waals surface area contributed by atoms with E-state index in [1.165, 1.54) is 0 Å². The van der Waals surface area contributed by atoms with Crippen molar-refractivity contribution in [3.8, 4) is 0 Å². The van der Waals surface area contributed by atoms with Crippen molar-refractivity contribution < 1.29 is 23.9 Å². The Bertz CT molecular complexity index is 943. The van der Waals surface area contributed by atoms with Crippen LogP contribution in [0, 0.1) is 5.92 Å². The van der Waals surface area contributed by atoms with E-state index in [1.54, 1.807) is 4.90 Å². The van der Waals surface area contributed by atoms with Gasteiger partial charge in [-0.15, -0.1) is 0 Å². The summed E-state index contributed by atoms with van der Waals surface area (Å²) in [6.45, 7) is 1.92. The molecule has 1 aliphatic rings. The molecule has 3 rings (SSSR count). The Kier molecular flexibility index (Phi) is 7.37. The lowest BCUT2D eigenvalue weighted by Crippen LogP contribution is -2.41. The standard InChI is InChI=1S/C23H25N3O5/c1-2-16-8-10-19(11-9-16)26-14-18(12-21(26)28)22(29)31-15-20(27)25-23(30)24-13-17-6-4-3-5-7-17/h3-11,18H,2,12-15H2,1H3,(H2,24,25,27,30). The number of hydrogen-bond donors (Lipinski definition) is 2. The first kappa shape index (κ1) is 22.0. The van der Waals surface area contributed by atoms with Crippen LogP contribution in [-0.2, 0) is 32.1 Å². The summed E-state index contributed by atoms with van der Waals surface area (Å²) in [5, 5.41) is 4.65. The Morgan fingerprint density at radius 3 is 2.42 bits per heavy atom. The maximum atomic E-state index is 12.3. The minimum absolute atomic E-state index is 0.0214. The number of ether oxygens (including phenoxy) is 1. The summed E-state index contributed by atoms with van der Waals surface area (Å²) in [6, 6.07) is 16.1. The third kappa shape index (κ3) is 6.15. The minimum atomic E-state index is -0.741. The predicted molar refractivity (Wildman–Crippen MR) is 114 cm³/mol. The molecular formula is C23H25N3O5. The lowest BCUT2D eigenvalue weighted by molar-refractivity contribution is -0.152. The number of hydrogen-bond acceptors (Lipinski definition) is 5.